The fourth-order valence-corrected chi connectivity index (χ4v) is 3.95. The van der Waals surface area contributed by atoms with Gasteiger partial charge >= 0.3 is 0 Å². The van der Waals surface area contributed by atoms with Gasteiger partial charge in [0.1, 0.15) is 4.88 Å². The van der Waals surface area contributed by atoms with Gasteiger partial charge in [0.05, 0.1) is 5.69 Å². The standard InChI is InChI=1S/C22H17N3O2S/c23-21(26)16-8-10-17(11-9-16)24-22(27)20-19(25-12-4-5-13-25)18(14-28-20)15-6-2-1-3-7-15/h1-14H,(H2,23,26)(H,24,27). The molecule has 2 aromatic carbocycles. The Balaban J connectivity index is 1.70. The van der Waals surface area contributed by atoms with Gasteiger partial charge in [-0.15, -0.1) is 11.3 Å². The molecule has 4 rings (SSSR count). The Kier molecular flexibility index (Phi) is 4.78. The second-order valence-electron chi connectivity index (χ2n) is 6.18. The summed E-state index contributed by atoms with van der Waals surface area (Å²) >= 11 is 1.40. The predicted octanol–water partition coefficient (Wildman–Crippen LogP) is 4.56. The molecule has 28 heavy (non-hydrogen) atoms. The van der Waals surface area contributed by atoms with Crippen LogP contribution in [0.2, 0.25) is 0 Å². The van der Waals surface area contributed by atoms with Crippen LogP contribution >= 0.6 is 11.3 Å². The SMILES string of the molecule is NC(=O)c1ccc(NC(=O)c2scc(-c3ccccc3)c2-n2cccc2)cc1. The fourth-order valence-electron chi connectivity index (χ4n) is 2.98. The van der Waals surface area contributed by atoms with Gasteiger partial charge in [-0.3, -0.25) is 9.59 Å². The third-order valence-electron chi connectivity index (χ3n) is 4.35. The monoisotopic (exact) mass is 387 g/mol. The third-order valence-corrected chi connectivity index (χ3v) is 5.31. The van der Waals surface area contributed by atoms with Gasteiger partial charge in [-0.2, -0.15) is 0 Å². The predicted molar refractivity (Wildman–Crippen MR) is 112 cm³/mol. The minimum absolute atomic E-state index is 0.206. The van der Waals surface area contributed by atoms with Crippen molar-refractivity contribution in [1.29, 1.82) is 0 Å². The van der Waals surface area contributed by atoms with Gasteiger partial charge in [0.25, 0.3) is 5.91 Å². The number of carbonyl (C=O) groups excluding carboxylic acids is 2. The van der Waals surface area contributed by atoms with Crippen LogP contribution in [0.5, 0.6) is 0 Å². The first-order valence-electron chi connectivity index (χ1n) is 8.65. The largest absolute Gasteiger partial charge is 0.366 e. The van der Waals surface area contributed by atoms with Crippen molar-refractivity contribution >= 4 is 28.8 Å². The Morgan fingerprint density at radius 1 is 0.893 bits per heavy atom. The van der Waals surface area contributed by atoms with E-state index < -0.39 is 5.91 Å². The number of hydrogen-bond acceptors (Lipinski definition) is 3. The smallest absolute Gasteiger partial charge is 0.267 e. The molecule has 0 radical (unpaired) electrons. The molecule has 0 fully saturated rings. The maximum Gasteiger partial charge on any atom is 0.267 e. The molecule has 0 unspecified atom stereocenters. The average Bonchev–Trinajstić information content (AvgIpc) is 3.38. The first-order valence-corrected chi connectivity index (χ1v) is 9.53. The molecule has 5 nitrogen and oxygen atoms in total. The van der Waals surface area contributed by atoms with Crippen molar-refractivity contribution < 1.29 is 9.59 Å². The van der Waals surface area contributed by atoms with Gasteiger partial charge in [0, 0.05) is 34.6 Å². The fraction of sp³-hybridized carbons (Fsp3) is 0. The molecule has 0 atom stereocenters. The minimum Gasteiger partial charge on any atom is -0.366 e. The molecule has 2 amide bonds. The number of amides is 2. The highest BCUT2D eigenvalue weighted by molar-refractivity contribution is 7.13. The molecule has 0 spiro atoms. The molecule has 2 heterocycles. The van der Waals surface area contributed by atoms with Crippen LogP contribution in [0.25, 0.3) is 16.8 Å². The molecule has 138 valence electrons. The molecule has 0 bridgehead atoms. The Bertz CT molecular complexity index is 1110. The van der Waals surface area contributed by atoms with Crippen LogP contribution in [0.1, 0.15) is 20.0 Å². The van der Waals surface area contributed by atoms with E-state index in [1.54, 1.807) is 24.3 Å². The normalized spacial score (nSPS) is 10.6. The molecular formula is C22H17N3O2S. The summed E-state index contributed by atoms with van der Waals surface area (Å²) in [4.78, 5) is 24.8. The Morgan fingerprint density at radius 3 is 2.21 bits per heavy atom. The first kappa shape index (κ1) is 17.8. The van der Waals surface area contributed by atoms with E-state index in [9.17, 15) is 9.59 Å². The van der Waals surface area contributed by atoms with Gasteiger partial charge in [-0.25, -0.2) is 0 Å². The molecule has 0 saturated carbocycles. The van der Waals surface area contributed by atoms with E-state index in [2.05, 4.69) is 5.32 Å². The first-order chi connectivity index (χ1) is 13.6. The zero-order valence-electron chi connectivity index (χ0n) is 14.8. The number of nitrogens with two attached hydrogens (primary N) is 1. The van der Waals surface area contributed by atoms with Crippen molar-refractivity contribution in [2.75, 3.05) is 5.32 Å². The maximum absolute atomic E-state index is 13.0. The highest BCUT2D eigenvalue weighted by atomic mass is 32.1. The van der Waals surface area contributed by atoms with E-state index in [-0.39, 0.29) is 5.91 Å². The van der Waals surface area contributed by atoms with Crippen molar-refractivity contribution in [3.63, 3.8) is 0 Å². The number of aromatic nitrogens is 1. The number of thiophene rings is 1. The van der Waals surface area contributed by atoms with Gasteiger partial charge < -0.3 is 15.6 Å². The van der Waals surface area contributed by atoms with Gasteiger partial charge in [-0.05, 0) is 42.0 Å². The zero-order valence-corrected chi connectivity index (χ0v) is 15.6. The molecule has 0 aliphatic heterocycles. The van der Waals surface area contributed by atoms with Crippen molar-refractivity contribution in [3.05, 3.63) is 94.9 Å². The number of nitrogens with zero attached hydrogens (tertiary/aromatic N) is 1. The van der Waals surface area contributed by atoms with E-state index in [4.69, 9.17) is 5.73 Å². The molecule has 0 aliphatic carbocycles. The van der Waals surface area contributed by atoms with Gasteiger partial charge in [0.2, 0.25) is 5.91 Å². The summed E-state index contributed by atoms with van der Waals surface area (Å²) in [6, 6.07) is 20.3. The van der Waals surface area contributed by atoms with Crippen LogP contribution in [0.4, 0.5) is 5.69 Å². The number of rotatable bonds is 5. The summed E-state index contributed by atoms with van der Waals surface area (Å²) < 4.78 is 1.95. The summed E-state index contributed by atoms with van der Waals surface area (Å²) in [6.45, 7) is 0. The van der Waals surface area contributed by atoms with E-state index >= 15 is 0 Å². The number of carbonyl (C=O) groups is 2. The van der Waals surface area contributed by atoms with Crippen molar-refractivity contribution in [1.82, 2.24) is 4.57 Å². The number of benzene rings is 2. The Hall–Kier alpha value is -3.64. The van der Waals surface area contributed by atoms with Gasteiger partial charge in [-0.1, -0.05) is 30.3 Å². The lowest BCUT2D eigenvalue weighted by Gasteiger charge is -2.10. The quantitative estimate of drug-likeness (QED) is 0.527. The number of nitrogens with one attached hydrogen (secondary N) is 1. The highest BCUT2D eigenvalue weighted by Crippen LogP contribution is 2.35. The lowest BCUT2D eigenvalue weighted by molar-refractivity contribution is 0.0998. The number of hydrogen-bond donors (Lipinski definition) is 2. The summed E-state index contributed by atoms with van der Waals surface area (Å²) in [5.41, 5.74) is 9.14. The molecule has 3 N–H and O–H groups in total. The van der Waals surface area contributed by atoms with E-state index in [0.29, 0.717) is 16.1 Å². The van der Waals surface area contributed by atoms with Crippen LogP contribution in [-0.2, 0) is 0 Å². The van der Waals surface area contributed by atoms with Crippen LogP contribution in [-0.4, -0.2) is 16.4 Å². The summed E-state index contributed by atoms with van der Waals surface area (Å²) in [5.74, 6) is -0.707. The molecule has 0 saturated heterocycles. The average molecular weight is 387 g/mol. The third kappa shape index (κ3) is 3.45. The highest BCUT2D eigenvalue weighted by Gasteiger charge is 2.20. The van der Waals surface area contributed by atoms with Gasteiger partial charge in [0.15, 0.2) is 0 Å². The summed E-state index contributed by atoms with van der Waals surface area (Å²) in [5, 5.41) is 4.89. The van der Waals surface area contributed by atoms with Crippen molar-refractivity contribution in [3.8, 4) is 16.8 Å². The van der Waals surface area contributed by atoms with Crippen molar-refractivity contribution in [2.45, 2.75) is 0 Å². The molecule has 2 aromatic heterocycles. The lowest BCUT2D eigenvalue weighted by Crippen LogP contribution is -2.14. The lowest BCUT2D eigenvalue weighted by atomic mass is 10.1. The van der Waals surface area contributed by atoms with Crippen LogP contribution < -0.4 is 11.1 Å². The summed E-state index contributed by atoms with van der Waals surface area (Å²) in [7, 11) is 0. The molecular weight excluding hydrogens is 370 g/mol. The van der Waals surface area contributed by atoms with E-state index in [1.165, 1.54) is 11.3 Å². The topological polar surface area (TPSA) is 77.1 Å². The maximum atomic E-state index is 13.0. The van der Waals surface area contributed by atoms with Crippen LogP contribution in [0, 0.1) is 0 Å². The van der Waals surface area contributed by atoms with Crippen LogP contribution in [0.15, 0.2) is 84.5 Å². The Labute approximate surface area is 166 Å². The van der Waals surface area contributed by atoms with Crippen molar-refractivity contribution in [2.24, 2.45) is 5.73 Å². The summed E-state index contributed by atoms with van der Waals surface area (Å²) in [6.07, 6.45) is 3.85. The second kappa shape index (κ2) is 7.54. The van der Waals surface area contributed by atoms with Crippen LogP contribution in [0.3, 0.4) is 0 Å². The number of primary amides is 1. The zero-order chi connectivity index (χ0) is 19.5. The number of anilines is 1. The second-order valence-corrected chi connectivity index (χ2v) is 7.06. The van der Waals surface area contributed by atoms with E-state index in [0.717, 1.165) is 16.8 Å². The Morgan fingerprint density at radius 2 is 1.57 bits per heavy atom. The molecule has 6 heteroatoms. The van der Waals surface area contributed by atoms with E-state index in [1.807, 2.05) is 64.8 Å². The molecule has 0 aliphatic rings. The minimum atomic E-state index is -0.501. The molecule has 4 aromatic rings.